The number of piperazine rings is 1. The predicted molar refractivity (Wildman–Crippen MR) is 153 cm³/mol. The molecule has 1 fully saturated rings. The minimum atomic E-state index is -0.393. The second-order valence-electron chi connectivity index (χ2n) is 9.41. The number of halogens is 1. The van der Waals surface area contributed by atoms with Crippen molar-refractivity contribution in [2.24, 2.45) is 0 Å². The average molecular weight is 610 g/mol. The standard InChI is InChI=1S/C28H40IN3O4/c29-25-9-13-27(14-10-25)35-23-7-3-1-5-17-30-19-21-31(22-20-30)18-6-2-4-8-24-36-28-15-11-26(12-16-28)32(33)34/h9-16H,1-8,17-24H2. The third-order valence-electron chi connectivity index (χ3n) is 6.60. The fourth-order valence-corrected chi connectivity index (χ4v) is 4.75. The Balaban J connectivity index is 1.10. The number of nitro benzene ring substituents is 1. The highest BCUT2D eigenvalue weighted by molar-refractivity contribution is 14.1. The van der Waals surface area contributed by atoms with E-state index in [1.54, 1.807) is 12.1 Å². The number of nitrogens with zero attached hydrogens (tertiary/aromatic N) is 3. The van der Waals surface area contributed by atoms with Crippen LogP contribution in [0.25, 0.3) is 0 Å². The van der Waals surface area contributed by atoms with Crippen molar-refractivity contribution in [1.29, 1.82) is 0 Å². The Kier molecular flexibility index (Phi) is 13.3. The smallest absolute Gasteiger partial charge is 0.269 e. The summed E-state index contributed by atoms with van der Waals surface area (Å²) in [5.41, 5.74) is 0.0961. The van der Waals surface area contributed by atoms with E-state index in [9.17, 15) is 10.1 Å². The van der Waals surface area contributed by atoms with Crippen LogP contribution >= 0.6 is 22.6 Å². The molecule has 0 amide bonds. The molecule has 0 saturated carbocycles. The zero-order chi connectivity index (χ0) is 25.4. The number of hydrogen-bond acceptors (Lipinski definition) is 6. The van der Waals surface area contributed by atoms with Gasteiger partial charge in [-0.3, -0.25) is 10.1 Å². The SMILES string of the molecule is O=[N+]([O-])c1ccc(OCCCCCCN2CCN(CCCCCCOc3ccc(I)cc3)CC2)cc1. The number of rotatable bonds is 17. The highest BCUT2D eigenvalue weighted by Gasteiger charge is 2.15. The molecule has 7 nitrogen and oxygen atoms in total. The van der Waals surface area contributed by atoms with Gasteiger partial charge in [-0.15, -0.1) is 0 Å². The highest BCUT2D eigenvalue weighted by Crippen LogP contribution is 2.18. The molecule has 2 aromatic carbocycles. The van der Waals surface area contributed by atoms with Crippen LogP contribution in [0.5, 0.6) is 11.5 Å². The molecule has 0 spiro atoms. The van der Waals surface area contributed by atoms with Crippen molar-refractivity contribution in [2.45, 2.75) is 51.4 Å². The summed E-state index contributed by atoms with van der Waals surface area (Å²) in [6, 6.07) is 14.6. The molecular weight excluding hydrogens is 569 g/mol. The van der Waals surface area contributed by atoms with Gasteiger partial charge < -0.3 is 19.3 Å². The molecule has 3 rings (SSSR count). The number of ether oxygens (including phenoxy) is 2. The molecule has 1 saturated heterocycles. The maximum absolute atomic E-state index is 10.7. The van der Waals surface area contributed by atoms with Gasteiger partial charge in [0.25, 0.3) is 5.69 Å². The van der Waals surface area contributed by atoms with E-state index < -0.39 is 4.92 Å². The molecule has 36 heavy (non-hydrogen) atoms. The summed E-state index contributed by atoms with van der Waals surface area (Å²) in [5, 5.41) is 10.7. The number of hydrogen-bond donors (Lipinski definition) is 0. The van der Waals surface area contributed by atoms with Crippen LogP contribution in [0.3, 0.4) is 0 Å². The van der Waals surface area contributed by atoms with Crippen LogP contribution in [-0.4, -0.2) is 67.2 Å². The molecule has 0 unspecified atom stereocenters. The average Bonchev–Trinajstić information content (AvgIpc) is 2.89. The normalized spacial score (nSPS) is 14.6. The number of non-ortho nitro benzene ring substituents is 1. The topological polar surface area (TPSA) is 68.1 Å². The molecule has 198 valence electrons. The number of nitro groups is 1. The Labute approximate surface area is 229 Å². The Bertz CT molecular complexity index is 871. The molecule has 0 atom stereocenters. The van der Waals surface area contributed by atoms with Gasteiger partial charge in [-0.05, 0) is 97.8 Å². The largest absolute Gasteiger partial charge is 0.494 e. The van der Waals surface area contributed by atoms with E-state index in [0.29, 0.717) is 12.4 Å². The molecular formula is C28H40IN3O4. The fourth-order valence-electron chi connectivity index (χ4n) is 4.39. The molecule has 1 aliphatic rings. The van der Waals surface area contributed by atoms with Crippen LogP contribution < -0.4 is 9.47 Å². The minimum absolute atomic E-state index is 0.0961. The molecule has 8 heteroatoms. The lowest BCUT2D eigenvalue weighted by Gasteiger charge is -2.34. The quantitative estimate of drug-likeness (QED) is 0.0896. The number of unbranched alkanes of at least 4 members (excludes halogenated alkanes) is 6. The van der Waals surface area contributed by atoms with Crippen LogP contribution in [0, 0.1) is 13.7 Å². The van der Waals surface area contributed by atoms with Crippen LogP contribution in [0.15, 0.2) is 48.5 Å². The van der Waals surface area contributed by atoms with Gasteiger partial charge in [0.2, 0.25) is 0 Å². The van der Waals surface area contributed by atoms with Crippen molar-refractivity contribution in [3.63, 3.8) is 0 Å². The second kappa shape index (κ2) is 16.8. The van der Waals surface area contributed by atoms with Crippen LogP contribution in [0.1, 0.15) is 51.4 Å². The maximum Gasteiger partial charge on any atom is 0.269 e. The zero-order valence-corrected chi connectivity index (χ0v) is 23.4. The van der Waals surface area contributed by atoms with Crippen molar-refractivity contribution in [3.05, 3.63) is 62.2 Å². The fraction of sp³-hybridized carbons (Fsp3) is 0.571. The molecule has 0 aliphatic carbocycles. The summed E-state index contributed by atoms with van der Waals surface area (Å²) < 4.78 is 12.7. The van der Waals surface area contributed by atoms with Gasteiger partial charge in [-0.1, -0.05) is 25.7 Å². The first-order valence-electron chi connectivity index (χ1n) is 13.3. The summed E-state index contributed by atoms with van der Waals surface area (Å²) in [6.07, 6.45) is 9.56. The van der Waals surface area contributed by atoms with E-state index in [1.165, 1.54) is 87.1 Å². The highest BCUT2D eigenvalue weighted by atomic mass is 127. The molecule has 2 aromatic rings. The van der Waals surface area contributed by atoms with Crippen molar-refractivity contribution in [1.82, 2.24) is 9.80 Å². The van der Waals surface area contributed by atoms with Crippen molar-refractivity contribution in [2.75, 3.05) is 52.5 Å². The summed E-state index contributed by atoms with van der Waals surface area (Å²) in [4.78, 5) is 15.5. The first-order chi connectivity index (χ1) is 17.6. The molecule has 1 aliphatic heterocycles. The Morgan fingerprint density at radius 3 is 1.53 bits per heavy atom. The van der Waals surface area contributed by atoms with Gasteiger partial charge >= 0.3 is 0 Å². The summed E-state index contributed by atoms with van der Waals surface area (Å²) in [7, 11) is 0. The Morgan fingerprint density at radius 2 is 1.08 bits per heavy atom. The van der Waals surface area contributed by atoms with Gasteiger partial charge in [-0.2, -0.15) is 0 Å². The van der Waals surface area contributed by atoms with E-state index in [0.717, 1.165) is 31.6 Å². The Morgan fingerprint density at radius 1 is 0.667 bits per heavy atom. The van der Waals surface area contributed by atoms with E-state index >= 15 is 0 Å². The van der Waals surface area contributed by atoms with Gasteiger partial charge in [-0.25, -0.2) is 0 Å². The van der Waals surface area contributed by atoms with Crippen LogP contribution in [0.2, 0.25) is 0 Å². The van der Waals surface area contributed by atoms with E-state index in [2.05, 4.69) is 44.5 Å². The molecule has 0 bridgehead atoms. The predicted octanol–water partition coefficient (Wildman–Crippen LogP) is 6.40. The summed E-state index contributed by atoms with van der Waals surface area (Å²) in [5.74, 6) is 1.67. The lowest BCUT2D eigenvalue weighted by Crippen LogP contribution is -2.46. The molecule has 0 N–H and O–H groups in total. The summed E-state index contributed by atoms with van der Waals surface area (Å²) >= 11 is 2.31. The molecule has 1 heterocycles. The summed E-state index contributed by atoms with van der Waals surface area (Å²) in [6.45, 7) is 8.65. The first kappa shape index (κ1) is 28.7. The van der Waals surface area contributed by atoms with Crippen LogP contribution in [-0.2, 0) is 0 Å². The molecule has 0 aromatic heterocycles. The van der Waals surface area contributed by atoms with E-state index in [1.807, 2.05) is 12.1 Å². The van der Waals surface area contributed by atoms with Crippen molar-refractivity contribution in [3.8, 4) is 11.5 Å². The van der Waals surface area contributed by atoms with Crippen molar-refractivity contribution < 1.29 is 14.4 Å². The van der Waals surface area contributed by atoms with Crippen LogP contribution in [0.4, 0.5) is 5.69 Å². The van der Waals surface area contributed by atoms with Gasteiger partial charge in [0.1, 0.15) is 11.5 Å². The first-order valence-corrected chi connectivity index (χ1v) is 14.4. The lowest BCUT2D eigenvalue weighted by atomic mass is 10.1. The molecule has 0 radical (unpaired) electrons. The Hall–Kier alpha value is -1.91. The zero-order valence-electron chi connectivity index (χ0n) is 21.3. The lowest BCUT2D eigenvalue weighted by molar-refractivity contribution is -0.384. The third-order valence-corrected chi connectivity index (χ3v) is 7.32. The third kappa shape index (κ3) is 11.4. The monoisotopic (exact) mass is 609 g/mol. The minimum Gasteiger partial charge on any atom is -0.494 e. The maximum atomic E-state index is 10.7. The second-order valence-corrected chi connectivity index (χ2v) is 10.7. The van der Waals surface area contributed by atoms with Crippen molar-refractivity contribution >= 4 is 28.3 Å². The van der Waals surface area contributed by atoms with Gasteiger partial charge in [0, 0.05) is 41.9 Å². The van der Waals surface area contributed by atoms with E-state index in [4.69, 9.17) is 9.47 Å². The number of benzene rings is 2. The van der Waals surface area contributed by atoms with E-state index in [-0.39, 0.29) is 5.69 Å². The van der Waals surface area contributed by atoms with Gasteiger partial charge in [0.05, 0.1) is 18.1 Å². The van der Waals surface area contributed by atoms with Gasteiger partial charge in [0.15, 0.2) is 0 Å².